The van der Waals surface area contributed by atoms with Gasteiger partial charge in [-0.25, -0.2) is 9.59 Å². The molecule has 0 aliphatic carbocycles. The number of fused-ring (bicyclic) bond motifs is 1. The van der Waals surface area contributed by atoms with Crippen LogP contribution < -0.4 is 5.32 Å². The minimum atomic E-state index is -5.08. The summed E-state index contributed by atoms with van der Waals surface area (Å²) in [6, 6.07) is 0.0956. The summed E-state index contributed by atoms with van der Waals surface area (Å²) in [6.45, 7) is 7.01. The molecule has 3 fully saturated rings. The Balaban J connectivity index is 0.000000339. The van der Waals surface area contributed by atoms with E-state index in [0.29, 0.717) is 5.92 Å². The van der Waals surface area contributed by atoms with Crippen LogP contribution in [0.2, 0.25) is 0 Å². The van der Waals surface area contributed by atoms with Crippen LogP contribution in [0.3, 0.4) is 0 Å². The number of carboxylic acid groups (broad SMARTS) is 1. The molecule has 1 aromatic rings. The van der Waals surface area contributed by atoms with Crippen molar-refractivity contribution in [2.24, 2.45) is 18.4 Å². The smallest absolute Gasteiger partial charge is 0.475 e. The maximum atomic E-state index is 12.3. The largest absolute Gasteiger partial charge is 0.490 e. The van der Waals surface area contributed by atoms with Crippen LogP contribution >= 0.6 is 0 Å². The lowest BCUT2D eigenvalue weighted by Gasteiger charge is -2.29. The van der Waals surface area contributed by atoms with Crippen molar-refractivity contribution in [1.82, 2.24) is 24.9 Å². The summed E-state index contributed by atoms with van der Waals surface area (Å²) in [6.07, 6.45) is 1.19. The van der Waals surface area contributed by atoms with Gasteiger partial charge in [-0.05, 0) is 12.8 Å². The lowest BCUT2D eigenvalue weighted by molar-refractivity contribution is -0.192. The standard InChI is InChI=1S/C17H27N5O2.C2HF3O2/c1-20-7-14(6-19-20)8-21-9-15-10-24-13-17(15,12-21)11-18-16(23)22-4-2-3-5-22;3-2(4,5)1(6)7/h6-7,15H,2-5,8-13H2,1H3,(H,18,23);(H,6,7)/t15-,17+;/m1./s1. The number of nitrogens with zero attached hydrogens (tertiary/aromatic N) is 4. The van der Waals surface area contributed by atoms with E-state index < -0.39 is 12.1 Å². The lowest BCUT2D eigenvalue weighted by atomic mass is 9.81. The number of rotatable bonds is 4. The summed E-state index contributed by atoms with van der Waals surface area (Å²) in [4.78, 5) is 25.6. The molecule has 0 bridgehead atoms. The van der Waals surface area contributed by atoms with Crippen molar-refractivity contribution >= 4 is 12.0 Å². The number of amides is 2. The molecule has 174 valence electrons. The summed E-state index contributed by atoms with van der Waals surface area (Å²) in [5.74, 6) is -2.25. The third kappa shape index (κ3) is 5.88. The van der Waals surface area contributed by atoms with E-state index in [0.717, 1.165) is 65.3 Å². The van der Waals surface area contributed by atoms with Crippen LogP contribution in [0, 0.1) is 11.3 Å². The quantitative estimate of drug-likeness (QED) is 0.722. The van der Waals surface area contributed by atoms with Crippen LogP contribution in [0.25, 0.3) is 0 Å². The molecular formula is C19H28F3N5O4. The molecule has 3 saturated heterocycles. The first kappa shape index (κ1) is 23.3. The highest BCUT2D eigenvalue weighted by atomic mass is 19.4. The van der Waals surface area contributed by atoms with Crippen LogP contribution in [0.4, 0.5) is 18.0 Å². The van der Waals surface area contributed by atoms with Crippen molar-refractivity contribution in [2.75, 3.05) is 45.9 Å². The molecule has 4 rings (SSSR count). The molecule has 0 radical (unpaired) electrons. The van der Waals surface area contributed by atoms with Crippen molar-refractivity contribution in [3.63, 3.8) is 0 Å². The van der Waals surface area contributed by atoms with E-state index in [1.54, 1.807) is 0 Å². The summed E-state index contributed by atoms with van der Waals surface area (Å²) in [7, 11) is 1.95. The third-order valence-electron chi connectivity index (χ3n) is 5.98. The van der Waals surface area contributed by atoms with Crippen LogP contribution in [-0.2, 0) is 23.1 Å². The predicted octanol–water partition coefficient (Wildman–Crippen LogP) is 1.31. The SMILES string of the molecule is Cn1cc(CN2C[C@@H]3COC[C@]3(CNC(=O)N3CCCC3)C2)cn1.O=C(O)C(F)(F)F. The minimum absolute atomic E-state index is 0.0671. The Labute approximate surface area is 178 Å². The molecule has 4 heterocycles. The summed E-state index contributed by atoms with van der Waals surface area (Å²) < 4.78 is 39.4. The van der Waals surface area contributed by atoms with E-state index in [2.05, 4.69) is 21.5 Å². The molecule has 3 aliphatic heterocycles. The number of likely N-dealkylation sites (tertiary alicyclic amines) is 2. The number of aryl methyl sites for hydroxylation is 1. The summed E-state index contributed by atoms with van der Waals surface area (Å²) in [5, 5.41) is 14.6. The minimum Gasteiger partial charge on any atom is -0.475 e. The van der Waals surface area contributed by atoms with Gasteiger partial charge in [0, 0.05) is 69.4 Å². The van der Waals surface area contributed by atoms with Gasteiger partial charge < -0.3 is 20.1 Å². The van der Waals surface area contributed by atoms with Gasteiger partial charge in [-0.15, -0.1) is 0 Å². The van der Waals surface area contributed by atoms with E-state index in [1.807, 2.05) is 22.8 Å². The Kier molecular flexibility index (Phi) is 7.10. The van der Waals surface area contributed by atoms with E-state index in [1.165, 1.54) is 5.56 Å². The van der Waals surface area contributed by atoms with Gasteiger partial charge in [0.25, 0.3) is 0 Å². The van der Waals surface area contributed by atoms with Gasteiger partial charge >= 0.3 is 18.2 Å². The molecule has 2 amide bonds. The fraction of sp³-hybridized carbons (Fsp3) is 0.737. The first-order valence-electron chi connectivity index (χ1n) is 10.2. The predicted molar refractivity (Wildman–Crippen MR) is 103 cm³/mol. The summed E-state index contributed by atoms with van der Waals surface area (Å²) in [5.41, 5.74) is 1.31. The fourth-order valence-electron chi connectivity index (χ4n) is 4.41. The monoisotopic (exact) mass is 447 g/mol. The first-order valence-corrected chi connectivity index (χ1v) is 10.2. The number of aromatic nitrogens is 2. The number of nitrogens with one attached hydrogen (secondary N) is 1. The Morgan fingerprint density at radius 3 is 2.61 bits per heavy atom. The number of carbonyl (C=O) groups excluding carboxylic acids is 1. The average Bonchev–Trinajstić information content (AvgIpc) is 3.44. The number of hydrogen-bond acceptors (Lipinski definition) is 5. The van der Waals surface area contributed by atoms with Gasteiger partial charge in [0.15, 0.2) is 0 Å². The average molecular weight is 447 g/mol. The molecule has 0 saturated carbocycles. The first-order chi connectivity index (χ1) is 14.6. The van der Waals surface area contributed by atoms with E-state index in [9.17, 15) is 18.0 Å². The molecule has 2 N–H and O–H groups in total. The second-order valence-electron chi connectivity index (χ2n) is 8.42. The van der Waals surface area contributed by atoms with E-state index >= 15 is 0 Å². The van der Waals surface area contributed by atoms with Crippen molar-refractivity contribution in [3.8, 4) is 0 Å². The lowest BCUT2D eigenvalue weighted by Crippen LogP contribution is -2.47. The van der Waals surface area contributed by atoms with Crippen molar-refractivity contribution in [2.45, 2.75) is 25.6 Å². The van der Waals surface area contributed by atoms with Crippen LogP contribution in [0.15, 0.2) is 12.4 Å². The maximum Gasteiger partial charge on any atom is 0.490 e. The molecule has 0 spiro atoms. The Bertz CT molecular complexity index is 781. The summed E-state index contributed by atoms with van der Waals surface area (Å²) >= 11 is 0. The normalized spacial score (nSPS) is 25.8. The Hall–Kier alpha value is -2.34. The van der Waals surface area contributed by atoms with Crippen LogP contribution in [-0.4, -0.2) is 88.8 Å². The zero-order valence-corrected chi connectivity index (χ0v) is 17.4. The fourth-order valence-corrected chi connectivity index (χ4v) is 4.41. The second kappa shape index (κ2) is 9.43. The zero-order chi connectivity index (χ0) is 22.6. The molecule has 2 atom stereocenters. The molecule has 0 unspecified atom stereocenters. The molecule has 3 aliphatic rings. The van der Waals surface area contributed by atoms with Crippen LogP contribution in [0.1, 0.15) is 18.4 Å². The van der Waals surface area contributed by atoms with Gasteiger partial charge in [0.05, 0.1) is 19.4 Å². The highest BCUT2D eigenvalue weighted by Gasteiger charge is 2.50. The Morgan fingerprint density at radius 2 is 2.03 bits per heavy atom. The topological polar surface area (TPSA) is 99.9 Å². The molecule has 31 heavy (non-hydrogen) atoms. The van der Waals surface area contributed by atoms with E-state index in [-0.39, 0.29) is 11.4 Å². The van der Waals surface area contributed by atoms with Gasteiger partial charge in [-0.3, -0.25) is 9.58 Å². The number of aliphatic carboxylic acids is 1. The highest BCUT2D eigenvalue weighted by Crippen LogP contribution is 2.41. The van der Waals surface area contributed by atoms with Gasteiger partial charge in [-0.2, -0.15) is 18.3 Å². The zero-order valence-electron chi connectivity index (χ0n) is 17.4. The van der Waals surface area contributed by atoms with Crippen molar-refractivity contribution in [3.05, 3.63) is 18.0 Å². The van der Waals surface area contributed by atoms with Gasteiger partial charge in [0.1, 0.15) is 0 Å². The number of carbonyl (C=O) groups is 2. The number of urea groups is 1. The molecular weight excluding hydrogens is 419 g/mol. The molecule has 1 aromatic heterocycles. The number of halogens is 3. The van der Waals surface area contributed by atoms with Crippen molar-refractivity contribution < 1.29 is 32.6 Å². The highest BCUT2D eigenvalue weighted by molar-refractivity contribution is 5.74. The van der Waals surface area contributed by atoms with Gasteiger partial charge in [-0.1, -0.05) is 0 Å². The van der Waals surface area contributed by atoms with E-state index in [4.69, 9.17) is 14.6 Å². The molecule has 0 aromatic carbocycles. The molecule has 12 heteroatoms. The van der Waals surface area contributed by atoms with Crippen molar-refractivity contribution in [1.29, 1.82) is 0 Å². The number of hydrogen-bond donors (Lipinski definition) is 2. The molecule has 9 nitrogen and oxygen atoms in total. The third-order valence-corrected chi connectivity index (χ3v) is 5.98. The number of carboxylic acids is 1. The Morgan fingerprint density at radius 1 is 1.35 bits per heavy atom. The maximum absolute atomic E-state index is 12.3. The van der Waals surface area contributed by atoms with Gasteiger partial charge in [0.2, 0.25) is 0 Å². The second-order valence-corrected chi connectivity index (χ2v) is 8.42. The number of ether oxygens (including phenoxy) is 1. The number of alkyl halides is 3. The van der Waals surface area contributed by atoms with Crippen LogP contribution in [0.5, 0.6) is 0 Å².